The molecule has 8 nitrogen and oxygen atoms in total. The van der Waals surface area contributed by atoms with Crippen LogP contribution in [0.3, 0.4) is 0 Å². The molecule has 3 heterocycles. The average molecular weight is 428 g/mol. The van der Waals surface area contributed by atoms with Gasteiger partial charge in [0.2, 0.25) is 0 Å². The van der Waals surface area contributed by atoms with Crippen LogP contribution in [-0.4, -0.2) is 50.6 Å². The van der Waals surface area contributed by atoms with Crippen LogP contribution in [0, 0.1) is 11.3 Å². The number of nitrogens with zero attached hydrogens (tertiary/aromatic N) is 6. The normalized spacial score (nSPS) is 18.3. The second kappa shape index (κ2) is 10.1. The Hall–Kier alpha value is -3.43. The van der Waals surface area contributed by atoms with Crippen molar-refractivity contribution >= 4 is 23.9 Å². The SMILES string of the molecule is C=N/C=C\C(=N/Cc1cnc2cnc(C(F)F)cn12)N1CCCC(/C(=C/N)C(C)=N)C1. The lowest BCUT2D eigenvalue weighted by Crippen LogP contribution is -2.40. The third-order valence-electron chi connectivity index (χ3n) is 5.25. The van der Waals surface area contributed by atoms with Gasteiger partial charge in [-0.15, -0.1) is 0 Å². The molecule has 10 heteroatoms. The van der Waals surface area contributed by atoms with Crippen molar-refractivity contribution in [3.05, 3.63) is 54.0 Å². The first-order valence-electron chi connectivity index (χ1n) is 9.93. The van der Waals surface area contributed by atoms with Crippen molar-refractivity contribution in [2.45, 2.75) is 32.7 Å². The van der Waals surface area contributed by atoms with Gasteiger partial charge in [-0.3, -0.25) is 14.4 Å². The van der Waals surface area contributed by atoms with E-state index in [0.717, 1.165) is 25.0 Å². The maximum Gasteiger partial charge on any atom is 0.281 e. The molecule has 1 unspecified atom stereocenters. The van der Waals surface area contributed by atoms with Crippen LogP contribution >= 0.6 is 0 Å². The van der Waals surface area contributed by atoms with Gasteiger partial charge < -0.3 is 16.0 Å². The molecule has 0 aromatic carbocycles. The zero-order chi connectivity index (χ0) is 22.4. The lowest BCUT2D eigenvalue weighted by molar-refractivity contribution is 0.145. The van der Waals surface area contributed by atoms with E-state index in [4.69, 9.17) is 16.1 Å². The van der Waals surface area contributed by atoms with Crippen molar-refractivity contribution in [1.82, 2.24) is 19.3 Å². The Labute approximate surface area is 179 Å². The molecule has 2 aromatic rings. The summed E-state index contributed by atoms with van der Waals surface area (Å²) < 4.78 is 27.6. The smallest absolute Gasteiger partial charge is 0.281 e. The number of hydrogen-bond donors (Lipinski definition) is 2. The maximum absolute atomic E-state index is 13.0. The number of imidazole rings is 1. The van der Waals surface area contributed by atoms with Crippen LogP contribution in [0.15, 0.2) is 52.6 Å². The van der Waals surface area contributed by atoms with Crippen LogP contribution in [0.4, 0.5) is 8.78 Å². The zero-order valence-electron chi connectivity index (χ0n) is 17.4. The summed E-state index contributed by atoms with van der Waals surface area (Å²) in [7, 11) is 0. The Morgan fingerprint density at radius 1 is 1.42 bits per heavy atom. The van der Waals surface area contributed by atoms with Gasteiger partial charge in [0.15, 0.2) is 5.65 Å². The van der Waals surface area contributed by atoms with E-state index in [1.807, 2.05) is 0 Å². The first-order valence-corrected chi connectivity index (χ1v) is 9.93. The van der Waals surface area contributed by atoms with Crippen molar-refractivity contribution < 1.29 is 8.78 Å². The van der Waals surface area contributed by atoms with Crippen molar-refractivity contribution in [2.24, 2.45) is 21.6 Å². The predicted octanol–water partition coefficient (Wildman–Crippen LogP) is 3.37. The number of halogens is 2. The highest BCUT2D eigenvalue weighted by molar-refractivity contribution is 5.96. The number of aliphatic imine (C=N–C) groups is 2. The molecule has 0 amide bonds. The summed E-state index contributed by atoms with van der Waals surface area (Å²) in [6, 6.07) is 0. The van der Waals surface area contributed by atoms with Crippen molar-refractivity contribution in [3.63, 3.8) is 0 Å². The molecule has 31 heavy (non-hydrogen) atoms. The summed E-state index contributed by atoms with van der Waals surface area (Å²) in [4.78, 5) is 18.6. The molecule has 0 radical (unpaired) electrons. The fourth-order valence-electron chi connectivity index (χ4n) is 3.73. The van der Waals surface area contributed by atoms with Gasteiger partial charge in [0.25, 0.3) is 6.43 Å². The highest BCUT2D eigenvalue weighted by atomic mass is 19.3. The summed E-state index contributed by atoms with van der Waals surface area (Å²) >= 11 is 0. The number of amidine groups is 1. The van der Waals surface area contributed by atoms with Gasteiger partial charge in [-0.05, 0) is 44.3 Å². The lowest BCUT2D eigenvalue weighted by atomic mass is 9.88. The van der Waals surface area contributed by atoms with Gasteiger partial charge in [-0.25, -0.2) is 18.7 Å². The van der Waals surface area contributed by atoms with E-state index in [2.05, 4.69) is 26.6 Å². The molecule has 0 aliphatic carbocycles. The Balaban J connectivity index is 1.86. The number of nitrogens with two attached hydrogens (primary N) is 1. The predicted molar refractivity (Wildman–Crippen MR) is 118 cm³/mol. The van der Waals surface area contributed by atoms with Gasteiger partial charge in [0.1, 0.15) is 11.5 Å². The van der Waals surface area contributed by atoms with E-state index in [1.54, 1.807) is 29.8 Å². The molecule has 164 valence electrons. The van der Waals surface area contributed by atoms with Gasteiger partial charge in [-0.1, -0.05) is 0 Å². The Morgan fingerprint density at radius 2 is 2.23 bits per heavy atom. The van der Waals surface area contributed by atoms with Gasteiger partial charge in [0, 0.05) is 37.1 Å². The molecule has 1 atom stereocenters. The van der Waals surface area contributed by atoms with Crippen LogP contribution in [0.5, 0.6) is 0 Å². The number of alkyl halides is 2. The molecule has 1 aliphatic rings. The second-order valence-corrected chi connectivity index (χ2v) is 7.30. The fraction of sp³-hybridized carbons (Fsp3) is 0.381. The molecule has 3 N–H and O–H groups in total. The van der Waals surface area contributed by atoms with E-state index < -0.39 is 6.43 Å². The molecule has 3 rings (SSSR count). The van der Waals surface area contributed by atoms with Crippen molar-refractivity contribution in [1.29, 1.82) is 5.41 Å². The van der Waals surface area contributed by atoms with E-state index >= 15 is 0 Å². The molecular weight excluding hydrogens is 402 g/mol. The largest absolute Gasteiger partial charge is 0.404 e. The number of nitrogens with one attached hydrogen (secondary N) is 1. The number of aromatic nitrogens is 3. The molecular formula is C21H26F2N8. The van der Waals surface area contributed by atoms with Crippen LogP contribution < -0.4 is 5.73 Å². The molecule has 1 fully saturated rings. The summed E-state index contributed by atoms with van der Waals surface area (Å²) in [5.41, 5.74) is 7.90. The second-order valence-electron chi connectivity index (χ2n) is 7.30. The van der Waals surface area contributed by atoms with Crippen molar-refractivity contribution in [2.75, 3.05) is 13.1 Å². The Morgan fingerprint density at radius 3 is 2.90 bits per heavy atom. The summed E-state index contributed by atoms with van der Waals surface area (Å²) in [6.45, 7) is 6.94. The number of fused-ring (bicyclic) bond motifs is 1. The maximum atomic E-state index is 13.0. The minimum Gasteiger partial charge on any atom is -0.404 e. The van der Waals surface area contributed by atoms with E-state index in [9.17, 15) is 8.78 Å². The Bertz CT molecular complexity index is 1040. The average Bonchev–Trinajstić information content (AvgIpc) is 3.16. The van der Waals surface area contributed by atoms with Crippen molar-refractivity contribution in [3.8, 4) is 0 Å². The van der Waals surface area contributed by atoms with Gasteiger partial charge >= 0.3 is 0 Å². The van der Waals surface area contributed by atoms with E-state index in [1.165, 1.54) is 18.6 Å². The first-order chi connectivity index (χ1) is 14.9. The number of hydrogen-bond acceptors (Lipinski definition) is 6. The highest BCUT2D eigenvalue weighted by Gasteiger charge is 2.25. The fourth-order valence-corrected chi connectivity index (χ4v) is 3.73. The minimum atomic E-state index is -2.66. The topological polar surface area (TPSA) is 108 Å². The molecule has 0 spiro atoms. The van der Waals surface area contributed by atoms with Crippen LogP contribution in [0.2, 0.25) is 0 Å². The molecule has 2 aromatic heterocycles. The third-order valence-corrected chi connectivity index (χ3v) is 5.25. The number of rotatable bonds is 7. The van der Waals surface area contributed by atoms with Gasteiger partial charge in [-0.2, -0.15) is 0 Å². The lowest BCUT2D eigenvalue weighted by Gasteiger charge is -2.35. The molecule has 1 saturated heterocycles. The summed E-state index contributed by atoms with van der Waals surface area (Å²) in [5.74, 6) is 0.844. The highest BCUT2D eigenvalue weighted by Crippen LogP contribution is 2.25. The number of piperidine rings is 1. The molecule has 0 bridgehead atoms. The van der Waals surface area contributed by atoms with Crippen LogP contribution in [-0.2, 0) is 6.54 Å². The minimum absolute atomic E-state index is 0.141. The van der Waals surface area contributed by atoms with Gasteiger partial charge in [0.05, 0.1) is 24.6 Å². The van der Waals surface area contributed by atoms with Crippen LogP contribution in [0.25, 0.3) is 5.65 Å². The first kappa shape index (κ1) is 22.3. The summed E-state index contributed by atoms with van der Waals surface area (Å²) in [5, 5.41) is 7.97. The molecule has 0 saturated carbocycles. The van der Waals surface area contributed by atoms with E-state index in [-0.39, 0.29) is 18.2 Å². The molecule has 1 aliphatic heterocycles. The zero-order valence-corrected chi connectivity index (χ0v) is 17.4. The van der Waals surface area contributed by atoms with Crippen LogP contribution in [0.1, 0.15) is 37.6 Å². The quantitative estimate of drug-likeness (QED) is 0.521. The van der Waals surface area contributed by atoms with E-state index in [0.29, 0.717) is 29.4 Å². The monoisotopic (exact) mass is 428 g/mol. The Kier molecular flexibility index (Phi) is 7.22. The third kappa shape index (κ3) is 5.19. The summed E-state index contributed by atoms with van der Waals surface area (Å²) in [6.07, 6.45) is 8.30. The standard InChI is InChI=1S/C21H26F2N8/c1-14(25)17(8-24)15-4-3-7-30(12-15)19(5-6-26-2)28-9-16-10-29-20-11-27-18(21(22)23)13-31(16)20/h5-6,8,10-11,13,15,21,25H,2-4,7,9,12,24H2,1H3/b6-5-,17-8+,25-14?,28-19+. The number of likely N-dealkylation sites (tertiary alicyclic amines) is 1.